The number of aliphatic hydroxyl groups is 1. The number of likely N-dealkylation sites (tertiary alicyclic amines) is 1. The molecule has 3 rings (SSSR count). The molecular weight excluding hydrogens is 282 g/mol. The molecule has 1 saturated heterocycles. The number of rotatable bonds is 4. The van der Waals surface area contributed by atoms with Gasteiger partial charge >= 0.3 is 5.69 Å². The molecule has 0 radical (unpaired) electrons. The number of hydrogen-bond donors (Lipinski definition) is 2. The van der Waals surface area contributed by atoms with Gasteiger partial charge in [-0.2, -0.15) is 4.98 Å². The number of hydrogen-bond acceptors (Lipinski definition) is 4. The first kappa shape index (κ1) is 15.2. The summed E-state index contributed by atoms with van der Waals surface area (Å²) < 4.78 is 0. The first-order valence-electron chi connectivity index (χ1n) is 7.99. The van der Waals surface area contributed by atoms with Crippen LogP contribution >= 0.6 is 0 Å². The summed E-state index contributed by atoms with van der Waals surface area (Å²) in [6, 6.07) is -0.00380. The van der Waals surface area contributed by atoms with Gasteiger partial charge in [-0.3, -0.25) is 4.79 Å². The van der Waals surface area contributed by atoms with Gasteiger partial charge in [-0.15, -0.1) is 0 Å². The normalized spacial score (nSPS) is 22.9. The van der Waals surface area contributed by atoms with E-state index in [1.54, 1.807) is 6.92 Å². The minimum absolute atomic E-state index is 0.00380. The SMILES string of the molecule is Cc1nc(=O)[nH]c(C)c1CCC(=O)N1CCCC1C1(O)CC1. The largest absolute Gasteiger partial charge is 0.388 e. The van der Waals surface area contributed by atoms with Gasteiger partial charge in [-0.1, -0.05) is 0 Å². The number of nitrogens with zero attached hydrogens (tertiary/aromatic N) is 2. The van der Waals surface area contributed by atoms with E-state index in [0.29, 0.717) is 18.5 Å². The molecule has 6 heteroatoms. The summed E-state index contributed by atoms with van der Waals surface area (Å²) in [5.74, 6) is 0.0906. The molecule has 2 fully saturated rings. The number of carbonyl (C=O) groups is 1. The Hall–Kier alpha value is -1.69. The van der Waals surface area contributed by atoms with Crippen LogP contribution in [0.4, 0.5) is 0 Å². The number of aromatic nitrogens is 2. The second-order valence-corrected chi connectivity index (χ2v) is 6.58. The number of nitrogens with one attached hydrogen (secondary N) is 1. The lowest BCUT2D eigenvalue weighted by atomic mass is 10.0. The van der Waals surface area contributed by atoms with Crippen molar-refractivity contribution in [3.63, 3.8) is 0 Å². The Balaban J connectivity index is 1.67. The lowest BCUT2D eigenvalue weighted by Gasteiger charge is -2.29. The van der Waals surface area contributed by atoms with Crippen LogP contribution in [0.5, 0.6) is 0 Å². The third kappa shape index (κ3) is 2.79. The molecule has 0 aromatic carbocycles. The van der Waals surface area contributed by atoms with Gasteiger partial charge in [0.2, 0.25) is 5.91 Å². The fourth-order valence-electron chi connectivity index (χ4n) is 3.58. The van der Waals surface area contributed by atoms with Crippen molar-refractivity contribution in [2.75, 3.05) is 6.54 Å². The average molecular weight is 305 g/mol. The van der Waals surface area contributed by atoms with E-state index in [9.17, 15) is 14.7 Å². The van der Waals surface area contributed by atoms with Crippen molar-refractivity contribution in [2.45, 2.75) is 64.0 Å². The third-order valence-corrected chi connectivity index (χ3v) is 5.00. The molecule has 0 bridgehead atoms. The highest BCUT2D eigenvalue weighted by molar-refractivity contribution is 5.77. The van der Waals surface area contributed by atoms with Gasteiger partial charge < -0.3 is 15.0 Å². The van der Waals surface area contributed by atoms with E-state index in [1.165, 1.54) is 0 Å². The molecule has 1 saturated carbocycles. The van der Waals surface area contributed by atoms with Crippen LogP contribution in [-0.2, 0) is 11.2 Å². The fourth-order valence-corrected chi connectivity index (χ4v) is 3.58. The Labute approximate surface area is 129 Å². The van der Waals surface area contributed by atoms with Crippen molar-refractivity contribution in [3.05, 3.63) is 27.4 Å². The van der Waals surface area contributed by atoms with Crippen molar-refractivity contribution >= 4 is 5.91 Å². The predicted octanol–water partition coefficient (Wildman–Crippen LogP) is 0.835. The van der Waals surface area contributed by atoms with Crippen LogP contribution in [-0.4, -0.2) is 44.1 Å². The Bertz CT molecular complexity index is 622. The van der Waals surface area contributed by atoms with Gasteiger partial charge in [0, 0.05) is 24.4 Å². The van der Waals surface area contributed by atoms with E-state index in [-0.39, 0.29) is 17.6 Å². The maximum absolute atomic E-state index is 12.5. The summed E-state index contributed by atoms with van der Waals surface area (Å²) in [4.78, 5) is 32.3. The second kappa shape index (κ2) is 5.50. The highest BCUT2D eigenvalue weighted by Crippen LogP contribution is 2.44. The maximum atomic E-state index is 12.5. The monoisotopic (exact) mass is 305 g/mol. The molecule has 2 aliphatic rings. The summed E-state index contributed by atoms with van der Waals surface area (Å²) in [7, 11) is 0. The number of H-pyrrole nitrogens is 1. The molecule has 6 nitrogen and oxygen atoms in total. The first-order valence-corrected chi connectivity index (χ1v) is 7.99. The van der Waals surface area contributed by atoms with Crippen molar-refractivity contribution < 1.29 is 9.90 Å². The topological polar surface area (TPSA) is 86.3 Å². The van der Waals surface area contributed by atoms with Gasteiger partial charge in [-0.25, -0.2) is 4.79 Å². The Morgan fingerprint density at radius 3 is 2.82 bits per heavy atom. The maximum Gasteiger partial charge on any atom is 0.345 e. The zero-order chi connectivity index (χ0) is 15.9. The molecule has 0 spiro atoms. The number of carbonyl (C=O) groups excluding carboxylic acids is 1. The summed E-state index contributed by atoms with van der Waals surface area (Å²) in [5, 5.41) is 10.3. The highest BCUT2D eigenvalue weighted by atomic mass is 16.3. The van der Waals surface area contributed by atoms with Crippen LogP contribution < -0.4 is 5.69 Å². The van der Waals surface area contributed by atoms with E-state index in [4.69, 9.17) is 0 Å². The number of aryl methyl sites for hydroxylation is 2. The van der Waals surface area contributed by atoms with E-state index < -0.39 is 5.60 Å². The molecule has 1 aliphatic carbocycles. The molecule has 120 valence electrons. The molecule has 1 atom stereocenters. The van der Waals surface area contributed by atoms with Crippen LogP contribution in [0.25, 0.3) is 0 Å². The lowest BCUT2D eigenvalue weighted by Crippen LogP contribution is -2.44. The highest BCUT2D eigenvalue weighted by Gasteiger charge is 2.52. The van der Waals surface area contributed by atoms with Gasteiger partial charge in [0.25, 0.3) is 0 Å². The van der Waals surface area contributed by atoms with Gasteiger partial charge in [0.05, 0.1) is 11.6 Å². The smallest absolute Gasteiger partial charge is 0.345 e. The molecule has 1 aromatic rings. The van der Waals surface area contributed by atoms with Crippen LogP contribution in [0, 0.1) is 13.8 Å². The van der Waals surface area contributed by atoms with Gasteiger partial charge in [-0.05, 0) is 51.5 Å². The average Bonchev–Trinajstić information content (AvgIpc) is 3.01. The fraction of sp³-hybridized carbons (Fsp3) is 0.688. The van der Waals surface area contributed by atoms with Crippen LogP contribution in [0.1, 0.15) is 49.1 Å². The molecular formula is C16H23N3O3. The Morgan fingerprint density at radius 1 is 1.45 bits per heavy atom. The van der Waals surface area contributed by atoms with Crippen molar-refractivity contribution in [2.24, 2.45) is 0 Å². The zero-order valence-electron chi connectivity index (χ0n) is 13.2. The van der Waals surface area contributed by atoms with E-state index in [2.05, 4.69) is 9.97 Å². The molecule has 2 N–H and O–H groups in total. The minimum Gasteiger partial charge on any atom is -0.388 e. The van der Waals surface area contributed by atoms with Crippen molar-refractivity contribution in [3.8, 4) is 0 Å². The Morgan fingerprint density at radius 2 is 2.18 bits per heavy atom. The van der Waals surface area contributed by atoms with Crippen LogP contribution in [0.15, 0.2) is 4.79 Å². The van der Waals surface area contributed by atoms with Crippen molar-refractivity contribution in [1.82, 2.24) is 14.9 Å². The summed E-state index contributed by atoms with van der Waals surface area (Å²) in [6.45, 7) is 4.38. The van der Waals surface area contributed by atoms with E-state index in [0.717, 1.165) is 43.5 Å². The van der Waals surface area contributed by atoms with Crippen LogP contribution in [0.3, 0.4) is 0 Å². The van der Waals surface area contributed by atoms with Crippen LogP contribution in [0.2, 0.25) is 0 Å². The van der Waals surface area contributed by atoms with Gasteiger partial charge in [0.1, 0.15) is 0 Å². The molecule has 1 aliphatic heterocycles. The zero-order valence-corrected chi connectivity index (χ0v) is 13.2. The first-order chi connectivity index (χ1) is 10.4. The molecule has 22 heavy (non-hydrogen) atoms. The Kier molecular flexibility index (Phi) is 3.80. The molecule has 1 amide bonds. The third-order valence-electron chi connectivity index (χ3n) is 5.00. The number of aromatic amines is 1. The van der Waals surface area contributed by atoms with Crippen molar-refractivity contribution in [1.29, 1.82) is 0 Å². The minimum atomic E-state index is -0.627. The molecule has 1 aromatic heterocycles. The second-order valence-electron chi connectivity index (χ2n) is 6.58. The predicted molar refractivity (Wildman–Crippen MR) is 81.6 cm³/mol. The summed E-state index contributed by atoms with van der Waals surface area (Å²) in [6.07, 6.45) is 4.45. The molecule has 2 heterocycles. The van der Waals surface area contributed by atoms with E-state index >= 15 is 0 Å². The standard InChI is InChI=1S/C16H23N3O3/c1-10-12(11(2)18-15(21)17-10)5-6-14(20)19-9-3-4-13(19)16(22)7-8-16/h13,22H,3-9H2,1-2H3,(H,17,18,21). The molecule has 1 unspecified atom stereocenters. The van der Waals surface area contributed by atoms with Gasteiger partial charge in [0.15, 0.2) is 0 Å². The van der Waals surface area contributed by atoms with E-state index in [1.807, 2.05) is 11.8 Å². The number of amides is 1. The summed E-state index contributed by atoms with van der Waals surface area (Å²) in [5.41, 5.74) is 1.43. The summed E-state index contributed by atoms with van der Waals surface area (Å²) >= 11 is 0. The quantitative estimate of drug-likeness (QED) is 0.863. The lowest BCUT2D eigenvalue weighted by molar-refractivity contribution is -0.134.